The molecule has 0 saturated carbocycles. The molecule has 0 heterocycles. The van der Waals surface area contributed by atoms with Crippen molar-refractivity contribution in [2.75, 3.05) is 0 Å². The Hall–Kier alpha value is -2.91. The van der Waals surface area contributed by atoms with Gasteiger partial charge in [-0.05, 0) is 37.5 Å². The molecule has 10 nitrogen and oxygen atoms in total. The number of allylic oxidation sites excluding steroid dienone is 4. The Morgan fingerprint density at radius 1 is 0.750 bits per heavy atom. The molecule has 0 rings (SSSR count). The number of nitrogens with zero attached hydrogens (tertiary/aromatic N) is 3. The highest BCUT2D eigenvalue weighted by Crippen LogP contribution is 2.16. The summed E-state index contributed by atoms with van der Waals surface area (Å²) in [5, 5.41) is 33.1. The average molecular weight is 396 g/mol. The lowest BCUT2D eigenvalue weighted by atomic mass is 10.1. The maximum absolute atomic E-state index is 11.1. The van der Waals surface area contributed by atoms with E-state index in [0.29, 0.717) is 19.3 Å². The summed E-state index contributed by atoms with van der Waals surface area (Å²) in [5.74, 6) is 0. The zero-order chi connectivity index (χ0) is 21.4. The summed E-state index contributed by atoms with van der Waals surface area (Å²) in [6, 6.07) is 0. The van der Waals surface area contributed by atoms with Crippen LogP contribution in [-0.4, -0.2) is 21.1 Å². The molecule has 0 bridgehead atoms. The first-order valence-electron chi connectivity index (χ1n) is 9.18. The van der Waals surface area contributed by atoms with Crippen molar-refractivity contribution in [1.29, 1.82) is 0 Å². The summed E-state index contributed by atoms with van der Waals surface area (Å²) in [7, 11) is 0. The van der Waals surface area contributed by atoms with Gasteiger partial charge in [-0.3, -0.25) is 35.1 Å². The second-order valence-corrected chi connectivity index (χ2v) is 6.09. The highest BCUT2D eigenvalue weighted by molar-refractivity contribution is 5.50. The molecule has 0 aliphatic rings. The summed E-state index contributed by atoms with van der Waals surface area (Å²) in [6.07, 6.45) is 9.81. The molecule has 0 aromatic rings. The SMILES string of the molecule is CC/C=C(\C/C=C(\C/C=C(\CCCCCCC[C]=O)[N+](=O)[O-])[N+](=O)[O-])[N+](=O)[O-]. The van der Waals surface area contributed by atoms with Crippen LogP contribution >= 0.6 is 0 Å². The van der Waals surface area contributed by atoms with Crippen LogP contribution in [0.4, 0.5) is 0 Å². The van der Waals surface area contributed by atoms with Gasteiger partial charge in [0.2, 0.25) is 17.1 Å². The fourth-order valence-electron chi connectivity index (χ4n) is 2.45. The van der Waals surface area contributed by atoms with Gasteiger partial charge in [-0.1, -0.05) is 26.2 Å². The maximum atomic E-state index is 11.1. The summed E-state index contributed by atoms with van der Waals surface area (Å²) < 4.78 is 0. The van der Waals surface area contributed by atoms with Crippen molar-refractivity contribution in [2.45, 2.75) is 71.1 Å². The molecular formula is C18H26N3O7. The monoisotopic (exact) mass is 396 g/mol. The maximum Gasteiger partial charge on any atom is 0.246 e. The molecule has 0 spiro atoms. The normalized spacial score (nSPS) is 12.7. The van der Waals surface area contributed by atoms with E-state index >= 15 is 0 Å². The molecule has 155 valence electrons. The molecule has 28 heavy (non-hydrogen) atoms. The molecule has 0 aromatic heterocycles. The zero-order valence-electron chi connectivity index (χ0n) is 16.0. The number of hydrogen-bond donors (Lipinski definition) is 0. The van der Waals surface area contributed by atoms with Gasteiger partial charge in [0.15, 0.2) is 6.29 Å². The Balaban J connectivity index is 4.83. The first kappa shape index (κ1) is 25.1. The quantitative estimate of drug-likeness (QED) is 0.212. The Morgan fingerprint density at radius 2 is 1.21 bits per heavy atom. The molecular weight excluding hydrogens is 370 g/mol. The van der Waals surface area contributed by atoms with Gasteiger partial charge in [0.25, 0.3) is 0 Å². The Morgan fingerprint density at radius 3 is 1.71 bits per heavy atom. The molecule has 0 atom stereocenters. The molecule has 0 aliphatic carbocycles. The summed E-state index contributed by atoms with van der Waals surface area (Å²) in [4.78, 5) is 41.4. The molecule has 0 amide bonds. The lowest BCUT2D eigenvalue weighted by Gasteiger charge is -2.01. The van der Waals surface area contributed by atoms with E-state index in [1.54, 1.807) is 6.92 Å². The third-order valence-electron chi connectivity index (χ3n) is 3.95. The van der Waals surface area contributed by atoms with Crippen molar-refractivity contribution >= 4 is 6.29 Å². The van der Waals surface area contributed by atoms with Gasteiger partial charge in [0.05, 0.1) is 27.6 Å². The average Bonchev–Trinajstić information content (AvgIpc) is 2.63. The van der Waals surface area contributed by atoms with Crippen molar-refractivity contribution in [3.63, 3.8) is 0 Å². The van der Waals surface area contributed by atoms with Crippen molar-refractivity contribution in [2.24, 2.45) is 0 Å². The number of carbonyl (C=O) groups excluding carboxylic acids is 1. The van der Waals surface area contributed by atoms with Crippen LogP contribution < -0.4 is 0 Å². The lowest BCUT2D eigenvalue weighted by Crippen LogP contribution is -2.03. The second kappa shape index (κ2) is 15.2. The fraction of sp³-hybridized carbons (Fsp3) is 0.611. The molecule has 0 aromatic carbocycles. The highest BCUT2D eigenvalue weighted by Gasteiger charge is 2.16. The van der Waals surface area contributed by atoms with E-state index < -0.39 is 14.8 Å². The number of hydrogen-bond acceptors (Lipinski definition) is 7. The third-order valence-corrected chi connectivity index (χ3v) is 3.95. The van der Waals surface area contributed by atoms with E-state index in [2.05, 4.69) is 0 Å². The van der Waals surface area contributed by atoms with Gasteiger partial charge in [-0.15, -0.1) is 0 Å². The number of rotatable bonds is 16. The largest absolute Gasteiger partial charge is 0.291 e. The van der Waals surface area contributed by atoms with Gasteiger partial charge < -0.3 is 0 Å². The van der Waals surface area contributed by atoms with E-state index in [0.717, 1.165) is 31.8 Å². The summed E-state index contributed by atoms with van der Waals surface area (Å²) >= 11 is 0. The summed E-state index contributed by atoms with van der Waals surface area (Å²) in [6.45, 7) is 1.72. The third kappa shape index (κ3) is 11.7. The Kier molecular flexibility index (Phi) is 13.6. The molecule has 1 radical (unpaired) electrons. The van der Waals surface area contributed by atoms with Crippen molar-refractivity contribution < 1.29 is 19.6 Å². The molecule has 0 aliphatic heterocycles. The van der Waals surface area contributed by atoms with Crippen LogP contribution in [0, 0.1) is 30.3 Å². The van der Waals surface area contributed by atoms with Gasteiger partial charge in [0, 0.05) is 12.8 Å². The Bertz CT molecular complexity index is 639. The van der Waals surface area contributed by atoms with Crippen molar-refractivity contribution in [1.82, 2.24) is 0 Å². The topological polar surface area (TPSA) is 146 Å². The van der Waals surface area contributed by atoms with Crippen LogP contribution in [0.1, 0.15) is 71.1 Å². The summed E-state index contributed by atoms with van der Waals surface area (Å²) in [5.41, 5.74) is -0.562. The van der Waals surface area contributed by atoms with E-state index in [4.69, 9.17) is 0 Å². The zero-order valence-corrected chi connectivity index (χ0v) is 16.0. The van der Waals surface area contributed by atoms with Crippen molar-refractivity contribution in [3.05, 3.63) is 65.7 Å². The second-order valence-electron chi connectivity index (χ2n) is 6.09. The predicted octanol–water partition coefficient (Wildman–Crippen LogP) is 4.50. The van der Waals surface area contributed by atoms with Gasteiger partial charge in [-0.2, -0.15) is 0 Å². The molecule has 0 unspecified atom stereocenters. The van der Waals surface area contributed by atoms with Crippen LogP contribution in [0.2, 0.25) is 0 Å². The van der Waals surface area contributed by atoms with E-state index in [1.165, 1.54) is 12.2 Å². The number of nitro groups is 3. The van der Waals surface area contributed by atoms with Gasteiger partial charge in [-0.25, -0.2) is 0 Å². The van der Waals surface area contributed by atoms with Crippen LogP contribution in [0.5, 0.6) is 0 Å². The minimum Gasteiger partial charge on any atom is -0.291 e. The predicted molar refractivity (Wildman–Crippen MR) is 103 cm³/mol. The first-order chi connectivity index (χ1) is 13.3. The van der Waals surface area contributed by atoms with Crippen LogP contribution in [-0.2, 0) is 4.79 Å². The highest BCUT2D eigenvalue weighted by atomic mass is 16.6. The first-order valence-corrected chi connectivity index (χ1v) is 9.18. The lowest BCUT2D eigenvalue weighted by molar-refractivity contribution is -0.434. The molecule has 10 heteroatoms. The van der Waals surface area contributed by atoms with E-state index in [9.17, 15) is 35.1 Å². The standard InChI is InChI=1S/C18H26N3O7/c1-2-9-16(19(23)24)11-13-18(21(27)28)14-12-17(20(25)26)10-7-5-3-4-6-8-15-22/h9,12-13H,2-8,10-11,14H2,1H3/b16-9+,17-12+,18-13+. The van der Waals surface area contributed by atoms with E-state index in [1.807, 2.05) is 6.29 Å². The van der Waals surface area contributed by atoms with Crippen LogP contribution in [0.3, 0.4) is 0 Å². The minimum atomic E-state index is -0.679. The minimum absolute atomic E-state index is 0.104. The van der Waals surface area contributed by atoms with Gasteiger partial charge >= 0.3 is 0 Å². The smallest absolute Gasteiger partial charge is 0.246 e. The van der Waals surface area contributed by atoms with Gasteiger partial charge in [0.1, 0.15) is 0 Å². The molecule has 0 N–H and O–H groups in total. The van der Waals surface area contributed by atoms with Crippen LogP contribution in [0.25, 0.3) is 0 Å². The molecule has 0 fully saturated rings. The molecule has 0 saturated heterocycles. The number of unbranched alkanes of at least 4 members (excludes halogenated alkanes) is 5. The van der Waals surface area contributed by atoms with E-state index in [-0.39, 0.29) is 36.4 Å². The fourth-order valence-corrected chi connectivity index (χ4v) is 2.45. The van der Waals surface area contributed by atoms with Crippen molar-refractivity contribution in [3.8, 4) is 0 Å². The van der Waals surface area contributed by atoms with Crippen LogP contribution in [0.15, 0.2) is 35.3 Å². The Labute approximate surface area is 163 Å².